The van der Waals surface area contributed by atoms with Crippen LogP contribution in [0.1, 0.15) is 17.4 Å². The van der Waals surface area contributed by atoms with Gasteiger partial charge >= 0.3 is 0 Å². The number of halogens is 1. The van der Waals surface area contributed by atoms with Crippen molar-refractivity contribution < 1.29 is 13.2 Å². The Hall–Kier alpha value is -1.51. The molecule has 0 spiro atoms. The molecule has 100 valence electrons. The van der Waals surface area contributed by atoms with Crippen molar-refractivity contribution in [1.82, 2.24) is 9.97 Å². The van der Waals surface area contributed by atoms with Gasteiger partial charge in [-0.15, -0.1) is 11.3 Å². The highest BCUT2D eigenvalue weighted by atomic mass is 35.5. The first-order valence-corrected chi connectivity index (χ1v) is 7.73. The van der Waals surface area contributed by atoms with E-state index in [9.17, 15) is 13.2 Å². The molecule has 0 aliphatic rings. The molecule has 0 saturated carbocycles. The van der Waals surface area contributed by atoms with E-state index in [1.807, 2.05) is 0 Å². The van der Waals surface area contributed by atoms with Crippen LogP contribution in [0.4, 0.5) is 5.13 Å². The molecule has 6 nitrogen and oxygen atoms in total. The minimum atomic E-state index is -3.78. The van der Waals surface area contributed by atoms with Crippen LogP contribution in [0.25, 0.3) is 0 Å². The van der Waals surface area contributed by atoms with Gasteiger partial charge in [0.1, 0.15) is 15.7 Å². The Balaban J connectivity index is 2.25. The van der Waals surface area contributed by atoms with Gasteiger partial charge in [0.25, 0.3) is 10.0 Å². The van der Waals surface area contributed by atoms with Crippen molar-refractivity contribution in [2.75, 3.05) is 4.72 Å². The Bertz CT molecular complexity index is 710. The van der Waals surface area contributed by atoms with Gasteiger partial charge in [-0.25, -0.2) is 18.4 Å². The third kappa shape index (κ3) is 3.28. The Morgan fingerprint density at radius 1 is 1.42 bits per heavy atom. The van der Waals surface area contributed by atoms with Crippen molar-refractivity contribution in [2.45, 2.75) is 11.8 Å². The Labute approximate surface area is 118 Å². The van der Waals surface area contributed by atoms with E-state index >= 15 is 0 Å². The molecule has 19 heavy (non-hydrogen) atoms. The van der Waals surface area contributed by atoms with Gasteiger partial charge in [-0.1, -0.05) is 11.6 Å². The number of nitrogens with zero attached hydrogens (tertiary/aromatic N) is 2. The fraction of sp³-hybridized carbons (Fsp3) is 0.100. The fourth-order valence-electron chi connectivity index (χ4n) is 1.18. The molecule has 0 aliphatic heterocycles. The quantitative estimate of drug-likeness (QED) is 0.689. The third-order valence-electron chi connectivity index (χ3n) is 2.10. The maximum atomic E-state index is 12.0. The summed E-state index contributed by atoms with van der Waals surface area (Å²) in [4.78, 5) is 18.6. The molecule has 1 N–H and O–H groups in total. The maximum Gasteiger partial charge on any atom is 0.265 e. The molecular weight excluding hydrogens is 310 g/mol. The first kappa shape index (κ1) is 13.9. The average molecular weight is 318 g/mol. The summed E-state index contributed by atoms with van der Waals surface area (Å²) in [5.41, 5.74) is 0.219. The highest BCUT2D eigenvalue weighted by molar-refractivity contribution is 7.93. The molecule has 2 heterocycles. The zero-order valence-corrected chi connectivity index (χ0v) is 12.0. The van der Waals surface area contributed by atoms with E-state index in [2.05, 4.69) is 14.7 Å². The monoisotopic (exact) mass is 317 g/mol. The summed E-state index contributed by atoms with van der Waals surface area (Å²) in [6, 6.07) is 2.70. The molecule has 0 radical (unpaired) electrons. The molecule has 0 aromatic carbocycles. The Morgan fingerprint density at radius 2 is 2.16 bits per heavy atom. The highest BCUT2D eigenvalue weighted by Gasteiger charge is 2.17. The predicted octanol–water partition coefficient (Wildman–Crippen LogP) is 2.19. The van der Waals surface area contributed by atoms with Gasteiger partial charge in [0.05, 0.1) is 0 Å². The molecule has 0 amide bonds. The molecule has 0 fully saturated rings. The largest absolute Gasteiger partial charge is 0.293 e. The number of anilines is 1. The summed E-state index contributed by atoms with van der Waals surface area (Å²) in [6.45, 7) is 1.36. The number of hydrogen-bond donors (Lipinski definition) is 1. The number of carbonyl (C=O) groups is 1. The lowest BCUT2D eigenvalue weighted by Crippen LogP contribution is -2.13. The van der Waals surface area contributed by atoms with Crippen molar-refractivity contribution in [3.63, 3.8) is 0 Å². The van der Waals surface area contributed by atoms with Gasteiger partial charge < -0.3 is 0 Å². The van der Waals surface area contributed by atoms with E-state index in [0.717, 1.165) is 17.5 Å². The van der Waals surface area contributed by atoms with Gasteiger partial charge in [-0.05, 0) is 12.1 Å². The minimum absolute atomic E-state index is 0.0310. The molecule has 2 aromatic heterocycles. The fourth-order valence-corrected chi connectivity index (χ4v) is 3.24. The van der Waals surface area contributed by atoms with E-state index in [4.69, 9.17) is 11.6 Å². The number of aromatic nitrogens is 2. The zero-order chi connectivity index (χ0) is 14.0. The highest BCUT2D eigenvalue weighted by Crippen LogP contribution is 2.20. The summed E-state index contributed by atoms with van der Waals surface area (Å²) in [7, 11) is -3.78. The van der Waals surface area contributed by atoms with Crippen molar-refractivity contribution in [1.29, 1.82) is 0 Å². The molecule has 0 atom stereocenters. The number of Topliss-reactive ketones (excluding diaryl/α,β-unsaturated/α-hetero) is 1. The first-order chi connectivity index (χ1) is 8.88. The van der Waals surface area contributed by atoms with Crippen molar-refractivity contribution in [3.8, 4) is 0 Å². The third-order valence-corrected chi connectivity index (χ3v) is 4.53. The van der Waals surface area contributed by atoms with Crippen LogP contribution in [0.2, 0.25) is 5.15 Å². The smallest absolute Gasteiger partial charge is 0.265 e. The van der Waals surface area contributed by atoms with Gasteiger partial charge in [0, 0.05) is 18.5 Å². The number of ketones is 1. The van der Waals surface area contributed by atoms with E-state index < -0.39 is 10.0 Å². The van der Waals surface area contributed by atoms with Crippen LogP contribution in [0.3, 0.4) is 0 Å². The van der Waals surface area contributed by atoms with Crippen LogP contribution in [0, 0.1) is 0 Å². The van der Waals surface area contributed by atoms with Crippen LogP contribution in [-0.2, 0) is 10.0 Å². The lowest BCUT2D eigenvalue weighted by atomic mass is 10.4. The SMILES string of the molecule is CC(=O)c1csc(NS(=O)(=O)c2ccc(Cl)nc2)n1. The Morgan fingerprint density at radius 3 is 2.68 bits per heavy atom. The average Bonchev–Trinajstić information content (AvgIpc) is 2.77. The summed E-state index contributed by atoms with van der Waals surface area (Å²) >= 11 is 6.62. The van der Waals surface area contributed by atoms with Crippen molar-refractivity contribution in [3.05, 3.63) is 34.6 Å². The second-order valence-corrected chi connectivity index (χ2v) is 6.44. The lowest BCUT2D eigenvalue weighted by Gasteiger charge is -2.04. The molecule has 0 unspecified atom stereocenters. The standard InChI is InChI=1S/C10H8ClN3O3S2/c1-6(15)8-5-18-10(13-8)14-19(16,17)7-2-3-9(11)12-4-7/h2-5H,1H3,(H,13,14). The van der Waals surface area contributed by atoms with Crippen LogP contribution in [0.15, 0.2) is 28.6 Å². The minimum Gasteiger partial charge on any atom is -0.293 e. The van der Waals surface area contributed by atoms with E-state index in [0.29, 0.717) is 0 Å². The maximum absolute atomic E-state index is 12.0. The first-order valence-electron chi connectivity index (χ1n) is 4.99. The van der Waals surface area contributed by atoms with E-state index in [1.165, 1.54) is 24.4 Å². The number of nitrogens with one attached hydrogen (secondary N) is 1. The topological polar surface area (TPSA) is 89.0 Å². The number of thiazole rings is 1. The second kappa shape index (κ2) is 5.24. The summed E-state index contributed by atoms with van der Waals surface area (Å²) in [5.74, 6) is -0.227. The van der Waals surface area contributed by atoms with E-state index in [1.54, 1.807) is 0 Å². The van der Waals surface area contributed by atoms with Gasteiger partial charge in [0.2, 0.25) is 0 Å². The molecule has 2 rings (SSSR count). The summed E-state index contributed by atoms with van der Waals surface area (Å²) in [5, 5.41) is 1.81. The normalized spacial score (nSPS) is 11.3. The van der Waals surface area contributed by atoms with Crippen LogP contribution < -0.4 is 4.72 Å². The number of sulfonamides is 1. The molecular formula is C10H8ClN3O3S2. The molecule has 9 heteroatoms. The van der Waals surface area contributed by atoms with Gasteiger partial charge in [-0.2, -0.15) is 0 Å². The number of hydrogen-bond acceptors (Lipinski definition) is 6. The van der Waals surface area contributed by atoms with Crippen molar-refractivity contribution >= 4 is 43.9 Å². The molecule has 2 aromatic rings. The number of carbonyl (C=O) groups excluding carboxylic acids is 1. The second-order valence-electron chi connectivity index (χ2n) is 3.52. The summed E-state index contributed by atoms with van der Waals surface area (Å²) in [6.07, 6.45) is 1.14. The predicted molar refractivity (Wildman–Crippen MR) is 72.2 cm³/mol. The molecule has 0 saturated heterocycles. The van der Waals surface area contributed by atoms with E-state index in [-0.39, 0.29) is 26.7 Å². The van der Waals surface area contributed by atoms with Crippen LogP contribution in [0.5, 0.6) is 0 Å². The summed E-state index contributed by atoms with van der Waals surface area (Å²) < 4.78 is 26.2. The molecule has 0 aliphatic carbocycles. The lowest BCUT2D eigenvalue weighted by molar-refractivity contribution is 0.101. The Kier molecular flexibility index (Phi) is 3.83. The van der Waals surface area contributed by atoms with Crippen molar-refractivity contribution in [2.24, 2.45) is 0 Å². The number of rotatable bonds is 4. The van der Waals surface area contributed by atoms with Crippen LogP contribution >= 0.6 is 22.9 Å². The van der Waals surface area contributed by atoms with Crippen LogP contribution in [-0.4, -0.2) is 24.2 Å². The zero-order valence-electron chi connectivity index (χ0n) is 9.62. The van der Waals surface area contributed by atoms with Gasteiger partial charge in [0.15, 0.2) is 10.9 Å². The number of pyridine rings is 1. The molecule has 0 bridgehead atoms. The van der Waals surface area contributed by atoms with Gasteiger partial charge in [-0.3, -0.25) is 9.52 Å².